The van der Waals surface area contributed by atoms with Crippen LogP contribution in [0, 0.1) is 11.3 Å². The summed E-state index contributed by atoms with van der Waals surface area (Å²) in [5.74, 6) is -0.250. The van der Waals surface area contributed by atoms with E-state index in [2.05, 4.69) is 16.0 Å². The lowest BCUT2D eigenvalue weighted by Crippen LogP contribution is -2.16. The fourth-order valence-electron chi connectivity index (χ4n) is 2.09. The number of nitrogens with zero attached hydrogens (tertiary/aromatic N) is 1. The van der Waals surface area contributed by atoms with Crippen LogP contribution in [0.15, 0.2) is 48.5 Å². The molecule has 2 rings (SSSR count). The normalized spacial score (nSPS) is 9.67. The molecule has 0 saturated heterocycles. The second-order valence-electron chi connectivity index (χ2n) is 5.18. The zero-order valence-corrected chi connectivity index (χ0v) is 13.3. The summed E-state index contributed by atoms with van der Waals surface area (Å²) in [5.41, 5.74) is 2.70. The maximum absolute atomic E-state index is 11.9. The average Bonchev–Trinajstić information content (AvgIpc) is 2.56. The molecule has 0 bridgehead atoms. The monoisotopic (exact) mass is 322 g/mol. The molecule has 6 nitrogen and oxygen atoms in total. The molecule has 0 aliphatic heterocycles. The Morgan fingerprint density at radius 2 is 1.71 bits per heavy atom. The van der Waals surface area contributed by atoms with Gasteiger partial charge in [-0.05, 0) is 42.5 Å². The molecule has 122 valence electrons. The van der Waals surface area contributed by atoms with E-state index < -0.39 is 0 Å². The second kappa shape index (κ2) is 8.34. The van der Waals surface area contributed by atoms with Gasteiger partial charge in [-0.3, -0.25) is 9.59 Å². The Morgan fingerprint density at radius 1 is 1.00 bits per heavy atom. The summed E-state index contributed by atoms with van der Waals surface area (Å²) in [5, 5.41) is 17.4. The topological polar surface area (TPSA) is 94.0 Å². The molecule has 0 radical (unpaired) electrons. The molecule has 0 unspecified atom stereocenters. The first-order valence-corrected chi connectivity index (χ1v) is 7.48. The highest BCUT2D eigenvalue weighted by Crippen LogP contribution is 2.14. The highest BCUT2D eigenvalue weighted by molar-refractivity contribution is 5.91. The molecule has 0 saturated carbocycles. The van der Waals surface area contributed by atoms with Gasteiger partial charge in [0, 0.05) is 37.0 Å². The minimum absolute atomic E-state index is 0.118. The van der Waals surface area contributed by atoms with Gasteiger partial charge in [0.1, 0.15) is 0 Å². The van der Waals surface area contributed by atoms with Gasteiger partial charge in [-0.25, -0.2) is 0 Å². The summed E-state index contributed by atoms with van der Waals surface area (Å²) < 4.78 is 0. The number of hydrogen-bond donors (Lipinski definition) is 3. The maximum Gasteiger partial charge on any atom is 0.226 e. The van der Waals surface area contributed by atoms with E-state index in [1.807, 2.05) is 18.2 Å². The van der Waals surface area contributed by atoms with Crippen molar-refractivity contribution in [2.75, 3.05) is 22.5 Å². The van der Waals surface area contributed by atoms with E-state index >= 15 is 0 Å². The number of hydrogen-bond acceptors (Lipinski definition) is 4. The molecule has 24 heavy (non-hydrogen) atoms. The predicted molar refractivity (Wildman–Crippen MR) is 93.6 cm³/mol. The molecule has 0 heterocycles. The van der Waals surface area contributed by atoms with Gasteiger partial charge in [0.25, 0.3) is 0 Å². The number of anilines is 3. The standard InChI is InChI=1S/C18H18N4O2/c1-13(23)21-16-7-5-15(6-8-16)20-10-9-18(24)22-17-4-2-3-14(11-17)12-19/h2-8,11,20H,9-10H2,1H3,(H,21,23)(H,22,24). The third kappa shape index (κ3) is 5.46. The van der Waals surface area contributed by atoms with Crippen molar-refractivity contribution in [1.29, 1.82) is 5.26 Å². The fourth-order valence-corrected chi connectivity index (χ4v) is 2.09. The van der Waals surface area contributed by atoms with E-state index in [-0.39, 0.29) is 11.8 Å². The number of amides is 2. The van der Waals surface area contributed by atoms with Crippen LogP contribution in [0.25, 0.3) is 0 Å². The Labute approximate surface area is 140 Å². The van der Waals surface area contributed by atoms with Gasteiger partial charge in [0.05, 0.1) is 11.6 Å². The number of rotatable bonds is 6. The Kier molecular flexibility index (Phi) is 5.92. The van der Waals surface area contributed by atoms with E-state index in [1.54, 1.807) is 36.4 Å². The Balaban J connectivity index is 1.78. The maximum atomic E-state index is 11.9. The van der Waals surface area contributed by atoms with Gasteiger partial charge in [-0.15, -0.1) is 0 Å². The Morgan fingerprint density at radius 3 is 2.38 bits per heavy atom. The summed E-state index contributed by atoms with van der Waals surface area (Å²) >= 11 is 0. The van der Waals surface area contributed by atoms with E-state index in [1.165, 1.54) is 6.92 Å². The lowest BCUT2D eigenvalue weighted by molar-refractivity contribution is -0.116. The molecule has 0 atom stereocenters. The summed E-state index contributed by atoms with van der Waals surface area (Å²) in [7, 11) is 0. The summed E-state index contributed by atoms with van der Waals surface area (Å²) in [4.78, 5) is 22.8. The first-order valence-electron chi connectivity index (χ1n) is 7.48. The highest BCUT2D eigenvalue weighted by Gasteiger charge is 2.03. The average molecular weight is 322 g/mol. The van der Waals surface area contributed by atoms with Crippen LogP contribution in [0.1, 0.15) is 18.9 Å². The third-order valence-electron chi connectivity index (χ3n) is 3.16. The van der Waals surface area contributed by atoms with E-state index in [0.29, 0.717) is 24.2 Å². The van der Waals surface area contributed by atoms with Crippen LogP contribution in [0.5, 0.6) is 0 Å². The molecule has 2 amide bonds. The molecule has 2 aromatic rings. The fraction of sp³-hybridized carbons (Fsp3) is 0.167. The van der Waals surface area contributed by atoms with Crippen molar-refractivity contribution in [2.45, 2.75) is 13.3 Å². The zero-order chi connectivity index (χ0) is 17.4. The van der Waals surface area contributed by atoms with Crippen LogP contribution in [0.2, 0.25) is 0 Å². The SMILES string of the molecule is CC(=O)Nc1ccc(NCCC(=O)Nc2cccc(C#N)c2)cc1. The van der Waals surface area contributed by atoms with Crippen molar-refractivity contribution in [3.05, 3.63) is 54.1 Å². The molecule has 3 N–H and O–H groups in total. The Bertz CT molecular complexity index is 763. The largest absolute Gasteiger partial charge is 0.385 e. The van der Waals surface area contributed by atoms with Crippen molar-refractivity contribution in [3.8, 4) is 6.07 Å². The minimum Gasteiger partial charge on any atom is -0.385 e. The van der Waals surface area contributed by atoms with Gasteiger partial charge < -0.3 is 16.0 Å². The number of nitriles is 1. The van der Waals surface area contributed by atoms with E-state index in [4.69, 9.17) is 5.26 Å². The number of carbonyl (C=O) groups excluding carboxylic acids is 2. The molecule has 0 aliphatic rings. The van der Waals surface area contributed by atoms with Gasteiger partial charge in [-0.1, -0.05) is 6.07 Å². The smallest absolute Gasteiger partial charge is 0.226 e. The van der Waals surface area contributed by atoms with Gasteiger partial charge in [-0.2, -0.15) is 5.26 Å². The van der Waals surface area contributed by atoms with Crippen LogP contribution in [-0.4, -0.2) is 18.4 Å². The van der Waals surface area contributed by atoms with Crippen molar-refractivity contribution in [3.63, 3.8) is 0 Å². The quantitative estimate of drug-likeness (QED) is 0.762. The van der Waals surface area contributed by atoms with E-state index in [9.17, 15) is 9.59 Å². The molecule has 0 fully saturated rings. The molecular formula is C18H18N4O2. The number of benzene rings is 2. The summed E-state index contributed by atoms with van der Waals surface area (Å²) in [6.07, 6.45) is 0.296. The number of nitrogens with one attached hydrogen (secondary N) is 3. The van der Waals surface area contributed by atoms with Crippen LogP contribution >= 0.6 is 0 Å². The van der Waals surface area contributed by atoms with Crippen molar-refractivity contribution < 1.29 is 9.59 Å². The summed E-state index contributed by atoms with van der Waals surface area (Å²) in [6, 6.07) is 16.1. The minimum atomic E-state index is -0.132. The molecule has 0 aromatic heterocycles. The third-order valence-corrected chi connectivity index (χ3v) is 3.16. The zero-order valence-electron chi connectivity index (χ0n) is 13.3. The lowest BCUT2D eigenvalue weighted by atomic mass is 10.2. The van der Waals surface area contributed by atoms with E-state index in [0.717, 1.165) is 11.4 Å². The second-order valence-corrected chi connectivity index (χ2v) is 5.18. The first-order chi connectivity index (χ1) is 11.6. The molecule has 2 aromatic carbocycles. The molecule has 6 heteroatoms. The van der Waals surface area contributed by atoms with Gasteiger partial charge in [0.2, 0.25) is 11.8 Å². The van der Waals surface area contributed by atoms with Crippen LogP contribution in [-0.2, 0) is 9.59 Å². The number of carbonyl (C=O) groups is 2. The van der Waals surface area contributed by atoms with Gasteiger partial charge in [0.15, 0.2) is 0 Å². The van der Waals surface area contributed by atoms with Crippen LogP contribution in [0.3, 0.4) is 0 Å². The Hall–Kier alpha value is -3.33. The molecule has 0 aliphatic carbocycles. The molecule has 0 spiro atoms. The van der Waals surface area contributed by atoms with Crippen molar-refractivity contribution >= 4 is 28.9 Å². The lowest BCUT2D eigenvalue weighted by Gasteiger charge is -2.09. The van der Waals surface area contributed by atoms with Crippen LogP contribution in [0.4, 0.5) is 17.1 Å². The predicted octanol–water partition coefficient (Wildman–Crippen LogP) is 2.96. The van der Waals surface area contributed by atoms with Gasteiger partial charge >= 0.3 is 0 Å². The molecular weight excluding hydrogens is 304 g/mol. The van der Waals surface area contributed by atoms with Crippen molar-refractivity contribution in [1.82, 2.24) is 0 Å². The van der Waals surface area contributed by atoms with Crippen LogP contribution < -0.4 is 16.0 Å². The summed E-state index contributed by atoms with van der Waals surface area (Å²) in [6.45, 7) is 1.93. The van der Waals surface area contributed by atoms with Crippen molar-refractivity contribution in [2.24, 2.45) is 0 Å². The first kappa shape index (κ1) is 17.0. The highest BCUT2D eigenvalue weighted by atomic mass is 16.2.